The van der Waals surface area contributed by atoms with Gasteiger partial charge < -0.3 is 10.2 Å². The first-order chi connectivity index (χ1) is 9.42. The SMILES string of the molecule is CCC(C)C1NC(=O)C(C(C)C)N(C2CC2CC)C1=O. The van der Waals surface area contributed by atoms with Crippen molar-refractivity contribution in [1.82, 2.24) is 10.2 Å². The van der Waals surface area contributed by atoms with E-state index in [0.717, 1.165) is 19.3 Å². The van der Waals surface area contributed by atoms with Crippen LogP contribution in [0.1, 0.15) is 53.9 Å². The van der Waals surface area contributed by atoms with Gasteiger partial charge in [0.15, 0.2) is 0 Å². The van der Waals surface area contributed by atoms with Gasteiger partial charge in [-0.05, 0) is 24.2 Å². The molecule has 1 saturated heterocycles. The molecule has 1 aliphatic carbocycles. The smallest absolute Gasteiger partial charge is 0.246 e. The second-order valence-corrected chi connectivity index (χ2v) is 6.78. The normalized spacial score (nSPS) is 35.2. The number of piperazine rings is 1. The zero-order valence-corrected chi connectivity index (χ0v) is 13.3. The quantitative estimate of drug-likeness (QED) is 0.839. The predicted octanol–water partition coefficient (Wildman–Crippen LogP) is 2.18. The summed E-state index contributed by atoms with van der Waals surface area (Å²) < 4.78 is 0. The minimum atomic E-state index is -0.333. The molecule has 1 N–H and O–H groups in total. The summed E-state index contributed by atoms with van der Waals surface area (Å²) in [4.78, 5) is 27.2. The van der Waals surface area contributed by atoms with Crippen LogP contribution < -0.4 is 5.32 Å². The summed E-state index contributed by atoms with van der Waals surface area (Å²) in [6.45, 7) is 10.3. The Balaban J connectivity index is 2.25. The van der Waals surface area contributed by atoms with Crippen LogP contribution >= 0.6 is 0 Å². The van der Waals surface area contributed by atoms with Crippen molar-refractivity contribution in [2.45, 2.75) is 72.0 Å². The first-order valence-corrected chi connectivity index (χ1v) is 8.04. The van der Waals surface area contributed by atoms with E-state index >= 15 is 0 Å². The summed E-state index contributed by atoms with van der Waals surface area (Å²) in [6.07, 6.45) is 3.06. The van der Waals surface area contributed by atoms with Gasteiger partial charge in [-0.2, -0.15) is 0 Å². The van der Waals surface area contributed by atoms with Crippen molar-refractivity contribution in [3.63, 3.8) is 0 Å². The van der Waals surface area contributed by atoms with Gasteiger partial charge in [0, 0.05) is 6.04 Å². The average molecular weight is 280 g/mol. The molecule has 114 valence electrons. The molecule has 0 aromatic heterocycles. The number of nitrogens with one attached hydrogen (secondary N) is 1. The van der Waals surface area contributed by atoms with Gasteiger partial charge in [-0.25, -0.2) is 0 Å². The lowest BCUT2D eigenvalue weighted by Crippen LogP contribution is -2.67. The third kappa shape index (κ3) is 2.57. The third-order valence-corrected chi connectivity index (χ3v) is 5.00. The van der Waals surface area contributed by atoms with Gasteiger partial charge in [-0.1, -0.05) is 47.5 Å². The molecule has 1 heterocycles. The van der Waals surface area contributed by atoms with Crippen LogP contribution in [0.5, 0.6) is 0 Å². The van der Waals surface area contributed by atoms with E-state index in [1.807, 2.05) is 25.7 Å². The molecule has 1 saturated carbocycles. The summed E-state index contributed by atoms with van der Waals surface area (Å²) in [6, 6.07) is -0.331. The Bertz CT molecular complexity index is 394. The number of hydrogen-bond donors (Lipinski definition) is 1. The summed E-state index contributed by atoms with van der Waals surface area (Å²) in [5.74, 6) is 1.12. The van der Waals surface area contributed by atoms with Crippen molar-refractivity contribution >= 4 is 11.8 Å². The molecule has 5 unspecified atom stereocenters. The molecule has 0 radical (unpaired) electrons. The molecule has 2 amide bonds. The average Bonchev–Trinajstić information content (AvgIpc) is 3.18. The number of carbonyl (C=O) groups excluding carboxylic acids is 2. The van der Waals surface area contributed by atoms with Crippen LogP contribution in [-0.4, -0.2) is 34.8 Å². The van der Waals surface area contributed by atoms with E-state index in [-0.39, 0.29) is 41.8 Å². The van der Waals surface area contributed by atoms with Crippen LogP contribution in [-0.2, 0) is 9.59 Å². The van der Waals surface area contributed by atoms with E-state index in [9.17, 15) is 9.59 Å². The fraction of sp³-hybridized carbons (Fsp3) is 0.875. The van der Waals surface area contributed by atoms with Gasteiger partial charge in [0.2, 0.25) is 11.8 Å². The van der Waals surface area contributed by atoms with E-state index in [2.05, 4.69) is 19.2 Å². The Morgan fingerprint density at radius 3 is 2.35 bits per heavy atom. The minimum absolute atomic E-state index is 0.0339. The fourth-order valence-electron chi connectivity index (χ4n) is 3.35. The van der Waals surface area contributed by atoms with Crippen molar-refractivity contribution in [2.75, 3.05) is 0 Å². The van der Waals surface area contributed by atoms with Crippen LogP contribution in [0.4, 0.5) is 0 Å². The molecular formula is C16H28N2O2. The molecule has 0 aromatic carbocycles. The Hall–Kier alpha value is -1.06. The lowest BCUT2D eigenvalue weighted by Gasteiger charge is -2.43. The van der Waals surface area contributed by atoms with Crippen LogP contribution in [0, 0.1) is 17.8 Å². The van der Waals surface area contributed by atoms with Crippen LogP contribution in [0.25, 0.3) is 0 Å². The number of hydrogen-bond acceptors (Lipinski definition) is 2. The lowest BCUT2D eigenvalue weighted by molar-refractivity contribution is -0.153. The van der Waals surface area contributed by atoms with Gasteiger partial charge in [-0.3, -0.25) is 9.59 Å². The zero-order chi connectivity index (χ0) is 15.0. The highest BCUT2D eigenvalue weighted by Crippen LogP contribution is 2.41. The molecule has 0 aromatic rings. The molecular weight excluding hydrogens is 252 g/mol. The van der Waals surface area contributed by atoms with Gasteiger partial charge in [0.05, 0.1) is 0 Å². The predicted molar refractivity (Wildman–Crippen MR) is 79.0 cm³/mol. The lowest BCUT2D eigenvalue weighted by atomic mass is 9.90. The standard InChI is InChI=1S/C16H28N2O2/c1-6-10(5)13-16(20)18(12-8-11(12)7-2)14(9(3)4)15(19)17-13/h9-14H,6-8H2,1-5H3,(H,17,19). The van der Waals surface area contributed by atoms with E-state index in [1.165, 1.54) is 0 Å². The maximum atomic E-state index is 12.8. The first-order valence-electron chi connectivity index (χ1n) is 8.04. The molecule has 0 spiro atoms. The van der Waals surface area contributed by atoms with Gasteiger partial charge in [0.1, 0.15) is 12.1 Å². The summed E-state index contributed by atoms with van der Waals surface area (Å²) in [5, 5.41) is 2.96. The second kappa shape index (κ2) is 5.74. The third-order valence-electron chi connectivity index (χ3n) is 5.00. The second-order valence-electron chi connectivity index (χ2n) is 6.78. The molecule has 4 nitrogen and oxygen atoms in total. The van der Waals surface area contributed by atoms with Crippen molar-refractivity contribution in [2.24, 2.45) is 17.8 Å². The largest absolute Gasteiger partial charge is 0.342 e. The van der Waals surface area contributed by atoms with Gasteiger partial charge in [-0.15, -0.1) is 0 Å². The fourth-order valence-corrected chi connectivity index (χ4v) is 3.35. The number of carbonyl (C=O) groups is 2. The molecule has 5 atom stereocenters. The van der Waals surface area contributed by atoms with E-state index in [0.29, 0.717) is 5.92 Å². The highest BCUT2D eigenvalue weighted by atomic mass is 16.2. The van der Waals surface area contributed by atoms with Crippen molar-refractivity contribution in [3.8, 4) is 0 Å². The molecule has 2 rings (SSSR count). The van der Waals surface area contributed by atoms with E-state index < -0.39 is 0 Å². The highest BCUT2D eigenvalue weighted by molar-refractivity contribution is 5.97. The molecule has 4 heteroatoms. The molecule has 1 aliphatic heterocycles. The molecule has 2 fully saturated rings. The number of rotatable bonds is 5. The monoisotopic (exact) mass is 280 g/mol. The number of nitrogens with zero attached hydrogens (tertiary/aromatic N) is 1. The van der Waals surface area contributed by atoms with Gasteiger partial charge in [0.25, 0.3) is 0 Å². The summed E-state index contributed by atoms with van der Waals surface area (Å²) >= 11 is 0. The van der Waals surface area contributed by atoms with Crippen molar-refractivity contribution < 1.29 is 9.59 Å². The summed E-state index contributed by atoms with van der Waals surface area (Å²) in [7, 11) is 0. The molecule has 0 bridgehead atoms. The number of amides is 2. The zero-order valence-electron chi connectivity index (χ0n) is 13.3. The van der Waals surface area contributed by atoms with Crippen LogP contribution in [0.3, 0.4) is 0 Å². The van der Waals surface area contributed by atoms with Crippen LogP contribution in [0.15, 0.2) is 0 Å². The Morgan fingerprint density at radius 1 is 1.25 bits per heavy atom. The summed E-state index contributed by atoms with van der Waals surface area (Å²) in [5.41, 5.74) is 0. The van der Waals surface area contributed by atoms with Crippen LogP contribution in [0.2, 0.25) is 0 Å². The van der Waals surface area contributed by atoms with E-state index in [1.54, 1.807) is 0 Å². The van der Waals surface area contributed by atoms with E-state index in [4.69, 9.17) is 0 Å². The Morgan fingerprint density at radius 2 is 1.90 bits per heavy atom. The first kappa shape index (κ1) is 15.3. The maximum absolute atomic E-state index is 12.8. The molecule has 2 aliphatic rings. The van der Waals surface area contributed by atoms with Gasteiger partial charge >= 0.3 is 0 Å². The Labute approximate surface area is 122 Å². The van der Waals surface area contributed by atoms with Crippen molar-refractivity contribution in [3.05, 3.63) is 0 Å². The molecule has 20 heavy (non-hydrogen) atoms. The highest BCUT2D eigenvalue weighted by Gasteiger charge is 2.52. The maximum Gasteiger partial charge on any atom is 0.246 e. The van der Waals surface area contributed by atoms with Crippen molar-refractivity contribution in [1.29, 1.82) is 0 Å². The topological polar surface area (TPSA) is 49.4 Å². The minimum Gasteiger partial charge on any atom is -0.342 e. The Kier molecular flexibility index (Phi) is 4.40.